The quantitative estimate of drug-likeness (QED) is 0.750. The highest BCUT2D eigenvalue weighted by Gasteiger charge is 2.24. The highest BCUT2D eigenvalue weighted by atomic mass is 16.4. The van der Waals surface area contributed by atoms with E-state index in [2.05, 4.69) is 10.3 Å². The smallest absolute Gasteiger partial charge is 0.326 e. The molecule has 2 aromatic heterocycles. The van der Waals surface area contributed by atoms with Crippen molar-refractivity contribution in [3.8, 4) is 11.3 Å². The van der Waals surface area contributed by atoms with Crippen molar-refractivity contribution in [2.45, 2.75) is 19.9 Å². The van der Waals surface area contributed by atoms with E-state index in [1.54, 1.807) is 32.2 Å². The molecule has 0 radical (unpaired) electrons. The minimum Gasteiger partial charge on any atom is -0.480 e. The van der Waals surface area contributed by atoms with Crippen LogP contribution >= 0.6 is 0 Å². The second kappa shape index (κ2) is 6.76. The second-order valence-corrected chi connectivity index (χ2v) is 6.21. The maximum Gasteiger partial charge on any atom is 0.326 e. The van der Waals surface area contributed by atoms with Crippen molar-refractivity contribution in [3.05, 3.63) is 60.4 Å². The molecule has 1 atom stereocenters. The molecule has 6 nitrogen and oxygen atoms in total. The summed E-state index contributed by atoms with van der Waals surface area (Å²) >= 11 is 0. The van der Waals surface area contributed by atoms with Crippen LogP contribution in [0.1, 0.15) is 24.2 Å². The minimum atomic E-state index is -1.04. The fraction of sp³-hybridized carbons (Fsp3) is 0.211. The Labute approximate surface area is 145 Å². The molecule has 3 aromatic rings. The van der Waals surface area contributed by atoms with E-state index in [9.17, 15) is 14.7 Å². The zero-order valence-corrected chi connectivity index (χ0v) is 14.0. The number of rotatable bonds is 5. The van der Waals surface area contributed by atoms with Gasteiger partial charge in [0.15, 0.2) is 0 Å². The third-order valence-corrected chi connectivity index (χ3v) is 4.01. The van der Waals surface area contributed by atoms with Crippen LogP contribution in [-0.4, -0.2) is 32.4 Å². The summed E-state index contributed by atoms with van der Waals surface area (Å²) in [6.45, 7) is 3.51. The van der Waals surface area contributed by atoms with Gasteiger partial charge in [-0.2, -0.15) is 0 Å². The molecule has 128 valence electrons. The van der Waals surface area contributed by atoms with Gasteiger partial charge >= 0.3 is 5.97 Å². The summed E-state index contributed by atoms with van der Waals surface area (Å²) in [5.41, 5.74) is 2.80. The van der Waals surface area contributed by atoms with Crippen molar-refractivity contribution in [1.82, 2.24) is 14.7 Å². The Bertz CT molecular complexity index is 916. The van der Waals surface area contributed by atoms with Crippen LogP contribution in [-0.2, 0) is 4.79 Å². The van der Waals surface area contributed by atoms with Crippen LogP contribution in [0.2, 0.25) is 0 Å². The molecule has 1 aromatic carbocycles. The van der Waals surface area contributed by atoms with Gasteiger partial charge in [0.05, 0.1) is 5.69 Å². The molecule has 6 heteroatoms. The molecule has 0 aliphatic rings. The van der Waals surface area contributed by atoms with E-state index in [4.69, 9.17) is 0 Å². The van der Waals surface area contributed by atoms with Gasteiger partial charge in [-0.3, -0.25) is 4.79 Å². The number of benzene rings is 1. The third-order valence-electron chi connectivity index (χ3n) is 4.01. The number of nitrogens with zero attached hydrogens (tertiary/aromatic N) is 2. The first-order valence-electron chi connectivity index (χ1n) is 8.03. The number of aromatic nitrogens is 2. The second-order valence-electron chi connectivity index (χ2n) is 6.21. The van der Waals surface area contributed by atoms with Gasteiger partial charge < -0.3 is 14.8 Å². The molecule has 1 unspecified atom stereocenters. The van der Waals surface area contributed by atoms with Gasteiger partial charge in [-0.25, -0.2) is 9.78 Å². The number of fused-ring (bicyclic) bond motifs is 1. The van der Waals surface area contributed by atoms with E-state index in [1.165, 1.54) is 0 Å². The molecular weight excluding hydrogens is 318 g/mol. The Hall–Kier alpha value is -3.15. The number of hydrogen-bond donors (Lipinski definition) is 2. The monoisotopic (exact) mass is 337 g/mol. The number of carboxylic acids is 1. The number of hydrogen-bond acceptors (Lipinski definition) is 3. The summed E-state index contributed by atoms with van der Waals surface area (Å²) in [5, 5.41) is 11.8. The van der Waals surface area contributed by atoms with Gasteiger partial charge in [0.1, 0.15) is 11.7 Å². The fourth-order valence-corrected chi connectivity index (χ4v) is 2.61. The van der Waals surface area contributed by atoms with E-state index in [-0.39, 0.29) is 5.92 Å². The summed E-state index contributed by atoms with van der Waals surface area (Å²) in [5.74, 6) is -1.68. The van der Waals surface area contributed by atoms with E-state index in [0.29, 0.717) is 11.2 Å². The zero-order chi connectivity index (χ0) is 18.0. The number of carboxylic acid groups (broad SMARTS) is 1. The van der Waals surface area contributed by atoms with Gasteiger partial charge in [0.2, 0.25) is 0 Å². The van der Waals surface area contributed by atoms with Crippen molar-refractivity contribution in [1.29, 1.82) is 0 Å². The largest absolute Gasteiger partial charge is 0.480 e. The van der Waals surface area contributed by atoms with Gasteiger partial charge in [-0.1, -0.05) is 44.2 Å². The molecule has 0 fully saturated rings. The minimum absolute atomic E-state index is 0.207. The lowest BCUT2D eigenvalue weighted by molar-refractivity contribution is -0.140. The molecule has 0 aliphatic heterocycles. The number of carbonyl (C=O) groups excluding carboxylic acids is 1. The maximum absolute atomic E-state index is 12.4. The third kappa shape index (κ3) is 3.52. The van der Waals surface area contributed by atoms with Crippen molar-refractivity contribution < 1.29 is 14.7 Å². The normalized spacial score (nSPS) is 12.3. The molecular formula is C19H19N3O3. The lowest BCUT2D eigenvalue weighted by Gasteiger charge is -2.17. The Morgan fingerprint density at radius 3 is 2.52 bits per heavy atom. The van der Waals surface area contributed by atoms with E-state index < -0.39 is 17.9 Å². The fourth-order valence-electron chi connectivity index (χ4n) is 2.61. The Morgan fingerprint density at radius 1 is 1.16 bits per heavy atom. The van der Waals surface area contributed by atoms with Crippen molar-refractivity contribution >= 4 is 17.5 Å². The maximum atomic E-state index is 12.4. The van der Waals surface area contributed by atoms with E-state index >= 15 is 0 Å². The lowest BCUT2D eigenvalue weighted by atomic mass is 10.0. The molecule has 2 heterocycles. The highest BCUT2D eigenvalue weighted by Crippen LogP contribution is 2.19. The van der Waals surface area contributed by atoms with Gasteiger partial charge in [0, 0.05) is 23.5 Å². The predicted molar refractivity (Wildman–Crippen MR) is 94.4 cm³/mol. The summed E-state index contributed by atoms with van der Waals surface area (Å²) in [6, 6.07) is 12.1. The Morgan fingerprint density at radius 2 is 1.88 bits per heavy atom. The Kier molecular flexibility index (Phi) is 4.52. The molecule has 0 bridgehead atoms. The van der Waals surface area contributed by atoms with Crippen molar-refractivity contribution in [3.63, 3.8) is 0 Å². The van der Waals surface area contributed by atoms with Crippen molar-refractivity contribution in [2.24, 2.45) is 5.92 Å². The first kappa shape index (κ1) is 16.7. The molecule has 0 spiro atoms. The SMILES string of the molecule is CC(C)C(NC(=O)c1ccn2cc(-c3ccccc3)nc2c1)C(=O)O. The Balaban J connectivity index is 1.88. The summed E-state index contributed by atoms with van der Waals surface area (Å²) in [6.07, 6.45) is 3.63. The predicted octanol–water partition coefficient (Wildman–Crippen LogP) is 2.84. The lowest BCUT2D eigenvalue weighted by Crippen LogP contribution is -2.44. The van der Waals surface area contributed by atoms with Gasteiger partial charge in [0.25, 0.3) is 5.91 Å². The first-order valence-corrected chi connectivity index (χ1v) is 8.03. The summed E-state index contributed by atoms with van der Waals surface area (Å²) < 4.78 is 1.83. The summed E-state index contributed by atoms with van der Waals surface area (Å²) in [7, 11) is 0. The van der Waals surface area contributed by atoms with E-state index in [1.807, 2.05) is 40.9 Å². The molecule has 2 N–H and O–H groups in total. The van der Waals surface area contributed by atoms with Gasteiger partial charge in [-0.05, 0) is 18.1 Å². The van der Waals surface area contributed by atoms with Crippen LogP contribution in [0.4, 0.5) is 0 Å². The number of aliphatic carboxylic acids is 1. The van der Waals surface area contributed by atoms with Crippen LogP contribution in [0.15, 0.2) is 54.9 Å². The van der Waals surface area contributed by atoms with Gasteiger partial charge in [-0.15, -0.1) is 0 Å². The standard InChI is InChI=1S/C19H19N3O3/c1-12(2)17(19(24)25)21-18(23)14-8-9-22-11-15(20-16(22)10-14)13-6-4-3-5-7-13/h3-12,17H,1-2H3,(H,21,23)(H,24,25). The number of nitrogens with one attached hydrogen (secondary N) is 1. The number of carbonyl (C=O) groups is 2. The number of imidazole rings is 1. The molecule has 0 saturated carbocycles. The highest BCUT2D eigenvalue weighted by molar-refractivity contribution is 5.97. The molecule has 0 aliphatic carbocycles. The number of amides is 1. The molecule has 0 saturated heterocycles. The van der Waals surface area contributed by atoms with Crippen LogP contribution < -0.4 is 5.32 Å². The first-order chi connectivity index (χ1) is 12.0. The average molecular weight is 337 g/mol. The average Bonchev–Trinajstić information content (AvgIpc) is 3.02. The number of pyridine rings is 1. The van der Waals surface area contributed by atoms with Crippen LogP contribution in [0.3, 0.4) is 0 Å². The molecule has 1 amide bonds. The van der Waals surface area contributed by atoms with E-state index in [0.717, 1.165) is 11.3 Å². The van der Waals surface area contributed by atoms with Crippen LogP contribution in [0.5, 0.6) is 0 Å². The molecule has 3 rings (SSSR count). The molecule has 25 heavy (non-hydrogen) atoms. The van der Waals surface area contributed by atoms with Crippen LogP contribution in [0.25, 0.3) is 16.9 Å². The van der Waals surface area contributed by atoms with Crippen molar-refractivity contribution in [2.75, 3.05) is 0 Å². The zero-order valence-electron chi connectivity index (χ0n) is 14.0. The summed E-state index contributed by atoms with van der Waals surface area (Å²) in [4.78, 5) is 28.2. The van der Waals surface area contributed by atoms with Crippen LogP contribution in [0, 0.1) is 5.92 Å². The topological polar surface area (TPSA) is 83.7 Å².